The standard InChI is InChI=1S/C44H59NO9/c1-24(2)21-30(45-38(49)27-15-11-9-12-16-27)34(47)40(51)53-31-23-44(41(5,6)52)33(25(31)3)26(4)36(48)43(8)32(46)22-29-19-20-42(29,7)35(43)37(44)54-39(50)28-17-13-10-14-18-28/h9-18,24,26,29-32,34-37,46-48,52H,19-23H2,1-8H3,(H,45,49)/t26-,29+,30-,31-,32-,34+,35+,36-,37-,42+,43+,44-/m0/s1. The number of ether oxygens (including phenoxy) is 2. The number of nitrogens with one attached hydrogen (secondary N) is 1. The molecule has 5 N–H and O–H groups in total. The normalized spacial score (nSPS) is 35.8. The molecule has 6 rings (SSSR count). The average molecular weight is 746 g/mol. The highest BCUT2D eigenvalue weighted by atomic mass is 16.6. The third-order valence-corrected chi connectivity index (χ3v) is 14.1. The molecule has 4 aliphatic rings. The second-order valence-corrected chi connectivity index (χ2v) is 18.0. The van der Waals surface area contributed by atoms with Gasteiger partial charge in [0.05, 0.1) is 34.8 Å². The number of carbonyl (C=O) groups is 3. The van der Waals surface area contributed by atoms with Crippen LogP contribution in [0.5, 0.6) is 0 Å². The summed E-state index contributed by atoms with van der Waals surface area (Å²) in [6.07, 6.45) is -3.22. The summed E-state index contributed by atoms with van der Waals surface area (Å²) in [5.41, 5.74) is -2.60. The van der Waals surface area contributed by atoms with E-state index in [2.05, 4.69) is 12.2 Å². The molecule has 0 aliphatic heterocycles. The molecule has 2 aromatic carbocycles. The Hall–Kier alpha value is -3.57. The lowest BCUT2D eigenvalue weighted by atomic mass is 9.40. The second-order valence-electron chi connectivity index (χ2n) is 18.0. The molecular weight excluding hydrogens is 686 g/mol. The van der Waals surface area contributed by atoms with E-state index in [4.69, 9.17) is 9.47 Å². The largest absolute Gasteiger partial charge is 0.457 e. The van der Waals surface area contributed by atoms with Gasteiger partial charge in [0.1, 0.15) is 12.2 Å². The van der Waals surface area contributed by atoms with Crippen LogP contribution in [0.3, 0.4) is 0 Å². The van der Waals surface area contributed by atoms with E-state index in [1.54, 1.807) is 81.4 Å². The minimum absolute atomic E-state index is 0.00850. The lowest BCUT2D eigenvalue weighted by molar-refractivity contribution is -0.259. The quantitative estimate of drug-likeness (QED) is 0.154. The van der Waals surface area contributed by atoms with Crippen LogP contribution in [0.2, 0.25) is 0 Å². The number of hydrogen-bond donors (Lipinski definition) is 5. The van der Waals surface area contributed by atoms with E-state index < -0.39 is 88.1 Å². The van der Waals surface area contributed by atoms with Crippen LogP contribution >= 0.6 is 0 Å². The Morgan fingerprint density at radius 2 is 1.56 bits per heavy atom. The van der Waals surface area contributed by atoms with Crippen LogP contribution < -0.4 is 5.32 Å². The van der Waals surface area contributed by atoms with E-state index >= 15 is 0 Å². The monoisotopic (exact) mass is 745 g/mol. The van der Waals surface area contributed by atoms with Gasteiger partial charge in [-0.1, -0.05) is 71.0 Å². The topological polar surface area (TPSA) is 163 Å². The summed E-state index contributed by atoms with van der Waals surface area (Å²) in [5, 5.41) is 51.4. The fourth-order valence-electron chi connectivity index (χ4n) is 11.2. The molecule has 0 aromatic heterocycles. The molecule has 0 bridgehead atoms. The maximum atomic E-state index is 14.2. The first kappa shape index (κ1) is 40.1. The molecule has 0 saturated heterocycles. The highest BCUT2D eigenvalue weighted by molar-refractivity contribution is 5.94. The third-order valence-electron chi connectivity index (χ3n) is 14.1. The number of benzene rings is 2. The second kappa shape index (κ2) is 14.5. The molecule has 3 saturated carbocycles. The van der Waals surface area contributed by atoms with Gasteiger partial charge in [-0.05, 0) is 99.1 Å². The van der Waals surface area contributed by atoms with Gasteiger partial charge in [0.25, 0.3) is 5.91 Å². The molecule has 294 valence electrons. The zero-order chi connectivity index (χ0) is 39.5. The zero-order valence-electron chi connectivity index (χ0n) is 32.9. The lowest BCUT2D eigenvalue weighted by Gasteiger charge is -2.66. The number of esters is 2. The van der Waals surface area contributed by atoms with Gasteiger partial charge in [0.15, 0.2) is 6.10 Å². The van der Waals surface area contributed by atoms with Crippen LogP contribution in [-0.2, 0) is 14.3 Å². The molecule has 10 heteroatoms. The van der Waals surface area contributed by atoms with E-state index in [0.717, 1.165) is 12.8 Å². The third kappa shape index (κ3) is 6.40. The van der Waals surface area contributed by atoms with E-state index in [1.165, 1.54) is 0 Å². The number of aliphatic hydroxyl groups is 4. The van der Waals surface area contributed by atoms with Gasteiger partial charge < -0.3 is 35.2 Å². The predicted molar refractivity (Wildman–Crippen MR) is 203 cm³/mol. The van der Waals surface area contributed by atoms with Crippen molar-refractivity contribution in [3.05, 3.63) is 82.9 Å². The van der Waals surface area contributed by atoms with Gasteiger partial charge in [-0.25, -0.2) is 9.59 Å². The molecule has 10 nitrogen and oxygen atoms in total. The van der Waals surface area contributed by atoms with Crippen molar-refractivity contribution >= 4 is 17.8 Å². The number of carbonyl (C=O) groups excluding carboxylic acids is 3. The van der Waals surface area contributed by atoms with Gasteiger partial charge in [0, 0.05) is 29.2 Å². The Labute approximate surface area is 319 Å². The summed E-state index contributed by atoms with van der Waals surface area (Å²) in [6.45, 7) is 14.9. The Kier molecular flexibility index (Phi) is 10.8. The molecule has 3 fully saturated rings. The summed E-state index contributed by atoms with van der Waals surface area (Å²) >= 11 is 0. The van der Waals surface area contributed by atoms with E-state index in [9.17, 15) is 34.8 Å². The van der Waals surface area contributed by atoms with E-state index in [-0.39, 0.29) is 18.3 Å². The van der Waals surface area contributed by atoms with Crippen molar-refractivity contribution < 1.29 is 44.3 Å². The highest BCUT2D eigenvalue weighted by Gasteiger charge is 2.75. The molecule has 54 heavy (non-hydrogen) atoms. The van der Waals surface area contributed by atoms with Crippen LogP contribution in [-0.4, -0.2) is 80.4 Å². The lowest BCUT2D eigenvalue weighted by Crippen LogP contribution is -2.69. The van der Waals surface area contributed by atoms with Crippen molar-refractivity contribution in [1.82, 2.24) is 5.32 Å². The van der Waals surface area contributed by atoms with Crippen molar-refractivity contribution in [2.75, 3.05) is 0 Å². The number of aliphatic hydroxyl groups excluding tert-OH is 3. The molecule has 0 radical (unpaired) electrons. The highest BCUT2D eigenvalue weighted by Crippen LogP contribution is 2.72. The molecule has 1 amide bonds. The first-order valence-electron chi connectivity index (χ1n) is 19.6. The molecule has 2 aromatic rings. The Morgan fingerprint density at radius 3 is 2.09 bits per heavy atom. The molecule has 12 atom stereocenters. The van der Waals surface area contributed by atoms with Crippen LogP contribution in [0, 0.1) is 39.9 Å². The van der Waals surface area contributed by atoms with Crippen molar-refractivity contribution in [2.24, 2.45) is 39.9 Å². The predicted octanol–water partition coefficient (Wildman–Crippen LogP) is 5.62. The average Bonchev–Trinajstić information content (AvgIpc) is 3.40. The van der Waals surface area contributed by atoms with Crippen LogP contribution in [0.4, 0.5) is 0 Å². The summed E-state index contributed by atoms with van der Waals surface area (Å²) in [6, 6.07) is 16.3. The Bertz CT molecular complexity index is 1750. The summed E-state index contributed by atoms with van der Waals surface area (Å²) in [4.78, 5) is 41.4. The van der Waals surface area contributed by atoms with Gasteiger partial charge in [-0.15, -0.1) is 0 Å². The minimum Gasteiger partial charge on any atom is -0.457 e. The first-order valence-corrected chi connectivity index (χ1v) is 19.6. The fourth-order valence-corrected chi connectivity index (χ4v) is 11.2. The number of rotatable bonds is 10. The van der Waals surface area contributed by atoms with Crippen molar-refractivity contribution in [3.8, 4) is 0 Å². The number of fused-ring (bicyclic) bond motifs is 4. The van der Waals surface area contributed by atoms with Crippen molar-refractivity contribution in [2.45, 2.75) is 130 Å². The van der Waals surface area contributed by atoms with Crippen molar-refractivity contribution in [3.63, 3.8) is 0 Å². The maximum Gasteiger partial charge on any atom is 0.338 e. The molecule has 4 aliphatic carbocycles. The van der Waals surface area contributed by atoms with Crippen LogP contribution in [0.25, 0.3) is 0 Å². The molecular formula is C44H59NO9. The smallest absolute Gasteiger partial charge is 0.338 e. The molecule has 0 heterocycles. The SMILES string of the molecule is CC1=C2[C@H](C)[C@H](O)[C@@]3(C)[C@H]([C@H](OC(=O)c4ccccc4)[C@]2(C(C)(C)O)C[C@@H]1OC(=O)[C@H](O)[C@H](CC(C)C)NC(=O)c1ccccc1)[C@]1(C)CC[C@@H]1C[C@@H]3O. The van der Waals surface area contributed by atoms with E-state index in [0.29, 0.717) is 35.1 Å². The maximum absolute atomic E-state index is 14.2. The van der Waals surface area contributed by atoms with Gasteiger partial charge in [-0.2, -0.15) is 0 Å². The summed E-state index contributed by atoms with van der Waals surface area (Å²) in [7, 11) is 0. The summed E-state index contributed by atoms with van der Waals surface area (Å²) < 4.78 is 12.9. The zero-order valence-corrected chi connectivity index (χ0v) is 32.9. The van der Waals surface area contributed by atoms with Crippen molar-refractivity contribution in [1.29, 1.82) is 0 Å². The first-order chi connectivity index (χ1) is 25.3. The minimum atomic E-state index is -1.71. The van der Waals surface area contributed by atoms with E-state index in [1.807, 2.05) is 27.7 Å². The van der Waals surface area contributed by atoms with Crippen LogP contribution in [0.15, 0.2) is 71.8 Å². The van der Waals surface area contributed by atoms with Crippen LogP contribution in [0.1, 0.15) is 108 Å². The van der Waals surface area contributed by atoms with Gasteiger partial charge in [-0.3, -0.25) is 4.79 Å². The summed E-state index contributed by atoms with van der Waals surface area (Å²) in [5.74, 6) is -3.05. The van der Waals surface area contributed by atoms with Gasteiger partial charge in [0.2, 0.25) is 0 Å². The Balaban J connectivity index is 1.43. The fraction of sp³-hybridized carbons (Fsp3) is 0.614. The molecule has 0 spiro atoms. The Morgan fingerprint density at radius 1 is 0.963 bits per heavy atom. The number of amides is 1. The molecule has 0 unspecified atom stereocenters. The van der Waals surface area contributed by atoms with Gasteiger partial charge >= 0.3 is 11.9 Å². The number of hydrogen-bond acceptors (Lipinski definition) is 9.